The molecule has 2 fully saturated rings. The second kappa shape index (κ2) is 4.30. The Morgan fingerprint density at radius 3 is 2.52 bits per heavy atom. The maximum atomic E-state index is 13.0. The van der Waals surface area contributed by atoms with Gasteiger partial charge < -0.3 is 9.84 Å². The number of benzene rings is 1. The molecule has 0 aromatic heterocycles. The number of hydrogen-bond acceptors (Lipinski definition) is 4. The van der Waals surface area contributed by atoms with E-state index in [2.05, 4.69) is 0 Å². The Balaban J connectivity index is 1.83. The molecule has 2 bridgehead atoms. The number of aryl methyl sites for hydroxylation is 2. The SMILES string of the molecule is Cc1ccc(N2C(=O)[C@@H]3[C@H](C2=O)[C@@]2(C)C=C[C@]3(CO)O2)c(C)c1. The molecule has 3 heterocycles. The van der Waals surface area contributed by atoms with Crippen LogP contribution in [0, 0.1) is 25.7 Å². The molecule has 0 unspecified atom stereocenters. The van der Waals surface area contributed by atoms with E-state index in [0.29, 0.717) is 5.69 Å². The Labute approximate surface area is 134 Å². The van der Waals surface area contributed by atoms with Crippen LogP contribution < -0.4 is 4.90 Å². The second-order valence-electron chi connectivity index (χ2n) is 6.99. The van der Waals surface area contributed by atoms with Crippen molar-refractivity contribution in [1.29, 1.82) is 0 Å². The van der Waals surface area contributed by atoms with Crippen molar-refractivity contribution in [2.75, 3.05) is 11.5 Å². The van der Waals surface area contributed by atoms with E-state index in [4.69, 9.17) is 4.74 Å². The van der Waals surface area contributed by atoms with E-state index < -0.39 is 23.0 Å². The van der Waals surface area contributed by atoms with Crippen LogP contribution >= 0.6 is 0 Å². The van der Waals surface area contributed by atoms with Gasteiger partial charge in [0, 0.05) is 0 Å². The molecule has 2 amide bonds. The van der Waals surface area contributed by atoms with Crippen LogP contribution in [-0.4, -0.2) is 34.7 Å². The second-order valence-corrected chi connectivity index (χ2v) is 6.99. The van der Waals surface area contributed by atoms with Crippen LogP contribution in [-0.2, 0) is 14.3 Å². The number of aliphatic hydroxyl groups is 1. The minimum Gasteiger partial charge on any atom is -0.393 e. The summed E-state index contributed by atoms with van der Waals surface area (Å²) in [6.45, 7) is 5.37. The predicted octanol–water partition coefficient (Wildman–Crippen LogP) is 1.50. The minimum absolute atomic E-state index is 0.242. The highest BCUT2D eigenvalue weighted by molar-refractivity contribution is 6.23. The number of aliphatic hydroxyl groups excluding tert-OH is 1. The van der Waals surface area contributed by atoms with Gasteiger partial charge in [-0.1, -0.05) is 29.8 Å². The number of ether oxygens (including phenoxy) is 1. The Bertz CT molecular complexity index is 770. The Morgan fingerprint density at radius 1 is 1.17 bits per heavy atom. The van der Waals surface area contributed by atoms with Gasteiger partial charge in [-0.25, -0.2) is 4.90 Å². The van der Waals surface area contributed by atoms with Gasteiger partial charge >= 0.3 is 0 Å². The Morgan fingerprint density at radius 2 is 1.87 bits per heavy atom. The third kappa shape index (κ3) is 1.64. The third-order valence-electron chi connectivity index (χ3n) is 5.40. The topological polar surface area (TPSA) is 66.8 Å². The molecule has 5 heteroatoms. The Kier molecular flexibility index (Phi) is 2.73. The molecule has 0 radical (unpaired) electrons. The van der Waals surface area contributed by atoms with Gasteiger partial charge in [-0.15, -0.1) is 0 Å². The first-order valence-corrected chi connectivity index (χ1v) is 7.79. The molecule has 3 aliphatic rings. The molecule has 2 saturated heterocycles. The highest BCUT2D eigenvalue weighted by Crippen LogP contribution is 2.57. The standard InChI is InChI=1S/C18H19NO4/c1-10-4-5-12(11(2)8-10)19-15(21)13-14(16(19)22)18(9-20)7-6-17(13,3)23-18/h4-8,13-14,20H,9H2,1-3H3/t13-,14+,17-,18-/m1/s1. The molecule has 3 aliphatic heterocycles. The zero-order chi connectivity index (χ0) is 16.6. The highest BCUT2D eigenvalue weighted by atomic mass is 16.5. The molecule has 23 heavy (non-hydrogen) atoms. The van der Waals surface area contributed by atoms with Crippen LogP contribution in [0.25, 0.3) is 0 Å². The normalized spacial score (nSPS) is 37.8. The number of anilines is 1. The van der Waals surface area contributed by atoms with Gasteiger partial charge in [0.25, 0.3) is 0 Å². The molecular formula is C18H19NO4. The number of fused-ring (bicyclic) bond motifs is 5. The summed E-state index contributed by atoms with van der Waals surface area (Å²) in [6.07, 6.45) is 3.55. The molecule has 4 rings (SSSR count). The molecule has 1 N–H and O–H groups in total. The number of amides is 2. The van der Waals surface area contributed by atoms with E-state index in [1.807, 2.05) is 39.0 Å². The van der Waals surface area contributed by atoms with Gasteiger partial charge in [-0.2, -0.15) is 0 Å². The van der Waals surface area contributed by atoms with E-state index in [1.165, 1.54) is 4.90 Å². The molecule has 0 spiro atoms. The summed E-state index contributed by atoms with van der Waals surface area (Å²) in [5.41, 5.74) is 0.689. The van der Waals surface area contributed by atoms with Gasteiger partial charge in [0.15, 0.2) is 0 Å². The van der Waals surface area contributed by atoms with Crippen molar-refractivity contribution in [3.63, 3.8) is 0 Å². The lowest BCUT2D eigenvalue weighted by Gasteiger charge is -2.27. The summed E-state index contributed by atoms with van der Waals surface area (Å²) in [6, 6.07) is 5.66. The summed E-state index contributed by atoms with van der Waals surface area (Å²) < 4.78 is 5.91. The molecule has 120 valence electrons. The van der Waals surface area contributed by atoms with Gasteiger partial charge in [0.2, 0.25) is 11.8 Å². The first-order valence-electron chi connectivity index (χ1n) is 7.79. The molecular weight excluding hydrogens is 294 g/mol. The monoisotopic (exact) mass is 313 g/mol. The van der Waals surface area contributed by atoms with Crippen molar-refractivity contribution in [1.82, 2.24) is 0 Å². The van der Waals surface area contributed by atoms with Crippen molar-refractivity contribution in [2.24, 2.45) is 11.8 Å². The van der Waals surface area contributed by atoms with Gasteiger partial charge in [0.05, 0.1) is 29.7 Å². The highest BCUT2D eigenvalue weighted by Gasteiger charge is 2.72. The quantitative estimate of drug-likeness (QED) is 0.664. The lowest BCUT2D eigenvalue weighted by atomic mass is 9.73. The number of nitrogens with zero attached hydrogens (tertiary/aromatic N) is 1. The van der Waals surface area contributed by atoms with Crippen LogP contribution in [0.4, 0.5) is 5.69 Å². The van der Waals surface area contributed by atoms with Crippen molar-refractivity contribution >= 4 is 17.5 Å². The van der Waals surface area contributed by atoms with Crippen LogP contribution in [0.5, 0.6) is 0 Å². The third-order valence-corrected chi connectivity index (χ3v) is 5.40. The van der Waals surface area contributed by atoms with Gasteiger partial charge in [0.1, 0.15) is 5.60 Å². The average Bonchev–Trinajstić information content (AvgIpc) is 3.07. The minimum atomic E-state index is -1.07. The molecule has 1 aromatic rings. The lowest BCUT2D eigenvalue weighted by Crippen LogP contribution is -2.43. The molecule has 4 atom stereocenters. The summed E-state index contributed by atoms with van der Waals surface area (Å²) in [5.74, 6) is -1.76. The summed E-state index contributed by atoms with van der Waals surface area (Å²) >= 11 is 0. The van der Waals surface area contributed by atoms with Crippen LogP contribution in [0.1, 0.15) is 18.1 Å². The Hall–Kier alpha value is -1.98. The lowest BCUT2D eigenvalue weighted by molar-refractivity contribution is -0.131. The smallest absolute Gasteiger partial charge is 0.241 e. The van der Waals surface area contributed by atoms with E-state index in [9.17, 15) is 14.7 Å². The maximum Gasteiger partial charge on any atom is 0.241 e. The van der Waals surface area contributed by atoms with Gasteiger partial charge in [-0.05, 0) is 32.4 Å². The number of imide groups is 1. The van der Waals surface area contributed by atoms with Crippen LogP contribution in [0.2, 0.25) is 0 Å². The van der Waals surface area contributed by atoms with Crippen molar-refractivity contribution < 1.29 is 19.4 Å². The van der Waals surface area contributed by atoms with E-state index in [0.717, 1.165) is 11.1 Å². The van der Waals surface area contributed by atoms with Crippen molar-refractivity contribution in [2.45, 2.75) is 32.0 Å². The summed E-state index contributed by atoms with van der Waals surface area (Å²) in [4.78, 5) is 27.3. The molecule has 0 saturated carbocycles. The van der Waals surface area contributed by atoms with Crippen molar-refractivity contribution in [3.8, 4) is 0 Å². The largest absolute Gasteiger partial charge is 0.393 e. The number of hydrogen-bond donors (Lipinski definition) is 1. The summed E-state index contributed by atoms with van der Waals surface area (Å²) in [5, 5.41) is 9.80. The van der Waals surface area contributed by atoms with E-state index in [1.54, 1.807) is 12.2 Å². The number of carbonyl (C=O) groups excluding carboxylic acids is 2. The van der Waals surface area contributed by atoms with Crippen molar-refractivity contribution in [3.05, 3.63) is 41.5 Å². The van der Waals surface area contributed by atoms with Gasteiger partial charge in [-0.3, -0.25) is 9.59 Å². The fourth-order valence-electron chi connectivity index (χ4n) is 4.33. The predicted molar refractivity (Wildman–Crippen MR) is 83.8 cm³/mol. The van der Waals surface area contributed by atoms with Crippen LogP contribution in [0.15, 0.2) is 30.4 Å². The van der Waals surface area contributed by atoms with Crippen LogP contribution in [0.3, 0.4) is 0 Å². The maximum absolute atomic E-state index is 13.0. The molecule has 1 aromatic carbocycles. The molecule has 0 aliphatic carbocycles. The van der Waals surface area contributed by atoms with E-state index >= 15 is 0 Å². The molecule has 5 nitrogen and oxygen atoms in total. The summed E-state index contributed by atoms with van der Waals surface area (Å²) in [7, 11) is 0. The number of rotatable bonds is 2. The fourth-order valence-corrected chi connectivity index (χ4v) is 4.33. The zero-order valence-electron chi connectivity index (χ0n) is 13.4. The average molecular weight is 313 g/mol. The first-order chi connectivity index (χ1) is 10.8. The number of carbonyl (C=O) groups is 2. The first kappa shape index (κ1) is 14.6. The van der Waals surface area contributed by atoms with E-state index in [-0.39, 0.29) is 18.4 Å². The zero-order valence-corrected chi connectivity index (χ0v) is 13.4. The fraction of sp³-hybridized carbons (Fsp3) is 0.444.